The fourth-order valence-corrected chi connectivity index (χ4v) is 2.29. The lowest BCUT2D eigenvalue weighted by atomic mass is 9.78. The molecule has 0 aromatic carbocycles. The molecule has 3 nitrogen and oxygen atoms in total. The maximum Gasteiger partial charge on any atom is 0.310 e. The molecule has 0 aliphatic heterocycles. The Kier molecular flexibility index (Phi) is 4.33. The van der Waals surface area contributed by atoms with Crippen LogP contribution in [-0.2, 0) is 4.79 Å². The van der Waals surface area contributed by atoms with E-state index in [1.165, 1.54) is 0 Å². The van der Waals surface area contributed by atoms with E-state index in [1.807, 2.05) is 0 Å². The minimum Gasteiger partial charge on any atom is -0.481 e. The van der Waals surface area contributed by atoms with Crippen molar-refractivity contribution in [3.05, 3.63) is 12.2 Å². The Morgan fingerprint density at radius 3 is 2.47 bits per heavy atom. The molecule has 0 aromatic rings. The number of aliphatic hydroxyl groups is 1. The van der Waals surface area contributed by atoms with Crippen molar-refractivity contribution in [2.45, 2.75) is 51.0 Å². The molecule has 0 spiro atoms. The van der Waals surface area contributed by atoms with E-state index in [2.05, 4.69) is 0 Å². The number of allylic oxidation sites excluding steroid dienone is 1. The van der Waals surface area contributed by atoms with Crippen molar-refractivity contribution >= 4 is 5.97 Å². The predicted molar refractivity (Wildman–Crippen MR) is 58.6 cm³/mol. The van der Waals surface area contributed by atoms with Crippen LogP contribution in [0.4, 0.5) is 0 Å². The maximum atomic E-state index is 10.9. The summed E-state index contributed by atoms with van der Waals surface area (Å²) < 4.78 is 0. The summed E-state index contributed by atoms with van der Waals surface area (Å²) in [6.07, 6.45) is 8.43. The second kappa shape index (κ2) is 5.31. The number of aliphatic carboxylic acids is 1. The van der Waals surface area contributed by atoms with Crippen LogP contribution in [0.15, 0.2) is 12.2 Å². The Labute approximate surface area is 90.8 Å². The van der Waals surface area contributed by atoms with Gasteiger partial charge in [0, 0.05) is 0 Å². The molecular formula is C12H20O3. The Bertz CT molecular complexity index is 239. The highest BCUT2D eigenvalue weighted by molar-refractivity contribution is 5.72. The number of hydrogen-bond acceptors (Lipinski definition) is 2. The van der Waals surface area contributed by atoms with Crippen molar-refractivity contribution in [1.29, 1.82) is 0 Å². The van der Waals surface area contributed by atoms with Crippen molar-refractivity contribution in [1.82, 2.24) is 0 Å². The summed E-state index contributed by atoms with van der Waals surface area (Å²) in [7, 11) is 0. The Morgan fingerprint density at radius 2 is 2.00 bits per heavy atom. The molecule has 3 heteroatoms. The number of rotatable bonds is 4. The van der Waals surface area contributed by atoms with Gasteiger partial charge >= 0.3 is 5.97 Å². The quantitative estimate of drug-likeness (QED) is 0.703. The smallest absolute Gasteiger partial charge is 0.310 e. The zero-order valence-corrected chi connectivity index (χ0v) is 9.28. The lowest BCUT2D eigenvalue weighted by Gasteiger charge is -2.33. The third-order valence-corrected chi connectivity index (χ3v) is 3.13. The van der Waals surface area contributed by atoms with Crippen LogP contribution in [-0.4, -0.2) is 21.8 Å². The molecule has 1 atom stereocenters. The molecule has 1 aliphatic rings. The lowest BCUT2D eigenvalue weighted by molar-refractivity contribution is -0.142. The first-order valence-corrected chi connectivity index (χ1v) is 5.65. The highest BCUT2D eigenvalue weighted by Gasteiger charge is 2.33. The summed E-state index contributed by atoms with van der Waals surface area (Å²) in [5, 5.41) is 19.2. The second-order valence-corrected chi connectivity index (χ2v) is 4.46. The average Bonchev–Trinajstić information content (AvgIpc) is 2.18. The zero-order valence-electron chi connectivity index (χ0n) is 9.28. The molecule has 1 unspecified atom stereocenters. The van der Waals surface area contributed by atoms with Crippen molar-refractivity contribution in [3.8, 4) is 0 Å². The van der Waals surface area contributed by atoms with E-state index in [0.29, 0.717) is 6.42 Å². The van der Waals surface area contributed by atoms with Crippen molar-refractivity contribution < 1.29 is 15.0 Å². The molecule has 1 fully saturated rings. The van der Waals surface area contributed by atoms with Crippen LogP contribution in [0, 0.1) is 5.92 Å². The summed E-state index contributed by atoms with van der Waals surface area (Å²) in [5.41, 5.74) is -0.749. The number of hydrogen-bond donors (Lipinski definition) is 2. The van der Waals surface area contributed by atoms with E-state index in [1.54, 1.807) is 19.1 Å². The fraction of sp³-hybridized carbons (Fsp3) is 0.750. The number of carboxylic acids is 1. The summed E-state index contributed by atoms with van der Waals surface area (Å²) in [5.74, 6) is -1.38. The van der Waals surface area contributed by atoms with E-state index in [9.17, 15) is 9.90 Å². The molecule has 2 N–H and O–H groups in total. The van der Waals surface area contributed by atoms with Crippen LogP contribution >= 0.6 is 0 Å². The van der Waals surface area contributed by atoms with Gasteiger partial charge in [-0.1, -0.05) is 31.4 Å². The van der Waals surface area contributed by atoms with Crippen LogP contribution in [0.3, 0.4) is 0 Å². The normalized spacial score (nSPS) is 22.8. The Balaban J connectivity index is 2.59. The summed E-state index contributed by atoms with van der Waals surface area (Å²) in [6, 6.07) is 0. The highest BCUT2D eigenvalue weighted by atomic mass is 16.4. The fourth-order valence-electron chi connectivity index (χ4n) is 2.29. The zero-order chi connectivity index (χ0) is 11.3. The first-order chi connectivity index (χ1) is 7.07. The second-order valence-electron chi connectivity index (χ2n) is 4.46. The van der Waals surface area contributed by atoms with Crippen LogP contribution < -0.4 is 0 Å². The minimum atomic E-state index is -0.841. The van der Waals surface area contributed by atoms with Crippen LogP contribution in [0.2, 0.25) is 0 Å². The van der Waals surface area contributed by atoms with Gasteiger partial charge in [-0.05, 0) is 26.2 Å². The van der Waals surface area contributed by atoms with E-state index in [-0.39, 0.29) is 0 Å². The molecule has 0 amide bonds. The van der Waals surface area contributed by atoms with Crippen LogP contribution in [0.5, 0.6) is 0 Å². The maximum absolute atomic E-state index is 10.9. The van der Waals surface area contributed by atoms with Gasteiger partial charge in [0.2, 0.25) is 0 Å². The number of carboxylic acid groups (broad SMARTS) is 1. The molecular weight excluding hydrogens is 192 g/mol. The molecule has 1 aliphatic carbocycles. The Hall–Kier alpha value is -0.830. The largest absolute Gasteiger partial charge is 0.481 e. The summed E-state index contributed by atoms with van der Waals surface area (Å²) >= 11 is 0. The van der Waals surface area contributed by atoms with E-state index in [0.717, 1.165) is 32.1 Å². The Morgan fingerprint density at radius 1 is 1.40 bits per heavy atom. The molecule has 0 heterocycles. The van der Waals surface area contributed by atoms with Crippen molar-refractivity contribution in [2.75, 3.05) is 0 Å². The van der Waals surface area contributed by atoms with Gasteiger partial charge in [0.25, 0.3) is 0 Å². The predicted octanol–water partition coefficient (Wildman–Crippen LogP) is 2.35. The summed E-state index contributed by atoms with van der Waals surface area (Å²) in [4.78, 5) is 10.9. The highest BCUT2D eigenvalue weighted by Crippen LogP contribution is 2.33. The average molecular weight is 212 g/mol. The van der Waals surface area contributed by atoms with Gasteiger partial charge < -0.3 is 10.2 Å². The van der Waals surface area contributed by atoms with Gasteiger partial charge in [-0.2, -0.15) is 0 Å². The molecule has 86 valence electrons. The van der Waals surface area contributed by atoms with E-state index < -0.39 is 17.5 Å². The third kappa shape index (κ3) is 3.67. The third-order valence-electron chi connectivity index (χ3n) is 3.13. The first kappa shape index (κ1) is 12.2. The molecule has 0 radical (unpaired) electrons. The standard InChI is InChI=1S/C12H20O3/c1-2-6-10(11(13)14)9-12(15)7-4-3-5-8-12/h2,6,10,15H,3-5,7-9H2,1H3,(H,13,14)/b6-2-. The van der Waals surface area contributed by atoms with Gasteiger partial charge in [0.15, 0.2) is 0 Å². The van der Waals surface area contributed by atoms with E-state index in [4.69, 9.17) is 5.11 Å². The van der Waals surface area contributed by atoms with Gasteiger partial charge in [-0.15, -0.1) is 0 Å². The van der Waals surface area contributed by atoms with Crippen molar-refractivity contribution in [3.63, 3.8) is 0 Å². The first-order valence-electron chi connectivity index (χ1n) is 5.65. The molecule has 0 saturated heterocycles. The molecule has 0 bridgehead atoms. The van der Waals surface area contributed by atoms with Crippen LogP contribution in [0.1, 0.15) is 45.4 Å². The SMILES string of the molecule is C/C=C\C(CC1(O)CCCCC1)C(=O)O. The monoisotopic (exact) mass is 212 g/mol. The molecule has 1 saturated carbocycles. The van der Waals surface area contributed by atoms with Gasteiger partial charge in [0.1, 0.15) is 0 Å². The number of carbonyl (C=O) groups is 1. The summed E-state index contributed by atoms with van der Waals surface area (Å²) in [6.45, 7) is 1.81. The molecule has 1 rings (SSSR count). The lowest BCUT2D eigenvalue weighted by Crippen LogP contribution is -2.35. The minimum absolute atomic E-state index is 0.354. The van der Waals surface area contributed by atoms with Gasteiger partial charge in [-0.25, -0.2) is 0 Å². The molecule has 0 aromatic heterocycles. The van der Waals surface area contributed by atoms with Crippen molar-refractivity contribution in [2.24, 2.45) is 5.92 Å². The topological polar surface area (TPSA) is 57.5 Å². The molecule has 15 heavy (non-hydrogen) atoms. The van der Waals surface area contributed by atoms with Crippen LogP contribution in [0.25, 0.3) is 0 Å². The van der Waals surface area contributed by atoms with Gasteiger partial charge in [0.05, 0.1) is 11.5 Å². The van der Waals surface area contributed by atoms with Gasteiger partial charge in [-0.3, -0.25) is 4.79 Å². The van der Waals surface area contributed by atoms with E-state index >= 15 is 0 Å².